The molecule has 0 atom stereocenters. The molecule has 0 radical (unpaired) electrons. The molecule has 1 heterocycles. The first-order chi connectivity index (χ1) is 11.0. The van der Waals surface area contributed by atoms with Gasteiger partial charge in [0.25, 0.3) is 0 Å². The highest BCUT2D eigenvalue weighted by Gasteiger charge is 2.15. The van der Waals surface area contributed by atoms with E-state index in [1.165, 1.54) is 13.2 Å². The standard InChI is InChI=1S/C17H13NO5/c1-22-13-7-11(9-2-4-10(5-3-9)16(18)19)6-12-8-14(17(20)21)23-15(12)13/h2-8H,1H3,(H2,18,19)(H,20,21). The number of ether oxygens (including phenoxy) is 1. The number of nitrogens with two attached hydrogens (primary N) is 1. The zero-order valence-electron chi connectivity index (χ0n) is 12.2. The molecule has 0 saturated carbocycles. The number of primary amides is 1. The summed E-state index contributed by atoms with van der Waals surface area (Å²) in [4.78, 5) is 22.2. The molecule has 0 spiro atoms. The van der Waals surface area contributed by atoms with Crippen LogP contribution in [-0.4, -0.2) is 24.1 Å². The molecule has 0 unspecified atom stereocenters. The van der Waals surface area contributed by atoms with E-state index in [0.717, 1.165) is 11.1 Å². The van der Waals surface area contributed by atoms with E-state index >= 15 is 0 Å². The van der Waals surface area contributed by atoms with Crippen LogP contribution >= 0.6 is 0 Å². The van der Waals surface area contributed by atoms with E-state index < -0.39 is 11.9 Å². The van der Waals surface area contributed by atoms with Crippen molar-refractivity contribution in [3.05, 3.63) is 53.8 Å². The van der Waals surface area contributed by atoms with E-state index in [-0.39, 0.29) is 5.76 Å². The Balaban J connectivity index is 2.13. The number of aromatic carboxylic acids is 1. The van der Waals surface area contributed by atoms with Gasteiger partial charge >= 0.3 is 5.97 Å². The molecule has 0 saturated heterocycles. The first-order valence-corrected chi connectivity index (χ1v) is 6.74. The lowest BCUT2D eigenvalue weighted by atomic mass is 10.0. The molecule has 0 aliphatic rings. The first-order valence-electron chi connectivity index (χ1n) is 6.74. The lowest BCUT2D eigenvalue weighted by Gasteiger charge is -2.06. The Labute approximate surface area is 131 Å². The summed E-state index contributed by atoms with van der Waals surface area (Å²) in [5.41, 5.74) is 7.67. The predicted molar refractivity (Wildman–Crippen MR) is 83.7 cm³/mol. The minimum Gasteiger partial charge on any atom is -0.493 e. The van der Waals surface area contributed by atoms with E-state index in [0.29, 0.717) is 22.3 Å². The molecule has 6 nitrogen and oxygen atoms in total. The second-order valence-corrected chi connectivity index (χ2v) is 4.95. The molecule has 116 valence electrons. The van der Waals surface area contributed by atoms with Crippen molar-refractivity contribution < 1.29 is 23.8 Å². The molecule has 0 bridgehead atoms. The molecule has 6 heteroatoms. The molecule has 23 heavy (non-hydrogen) atoms. The lowest BCUT2D eigenvalue weighted by molar-refractivity contribution is 0.0664. The maximum atomic E-state index is 11.1. The predicted octanol–water partition coefficient (Wildman–Crippen LogP) is 2.91. The number of rotatable bonds is 4. The van der Waals surface area contributed by atoms with Gasteiger partial charge in [-0.05, 0) is 41.5 Å². The van der Waals surface area contributed by atoms with Gasteiger partial charge in [0.2, 0.25) is 11.7 Å². The summed E-state index contributed by atoms with van der Waals surface area (Å²) >= 11 is 0. The number of benzene rings is 2. The van der Waals surface area contributed by atoms with Gasteiger partial charge in [0.1, 0.15) is 0 Å². The van der Waals surface area contributed by atoms with Gasteiger partial charge in [-0.15, -0.1) is 0 Å². The van der Waals surface area contributed by atoms with Crippen LogP contribution in [0.15, 0.2) is 46.9 Å². The Morgan fingerprint density at radius 2 is 1.78 bits per heavy atom. The van der Waals surface area contributed by atoms with Crippen LogP contribution < -0.4 is 10.5 Å². The number of fused-ring (bicyclic) bond motifs is 1. The Kier molecular flexibility index (Phi) is 3.50. The van der Waals surface area contributed by atoms with Crippen LogP contribution in [0.25, 0.3) is 22.1 Å². The molecule has 1 aromatic heterocycles. The van der Waals surface area contributed by atoms with Crippen molar-refractivity contribution >= 4 is 22.8 Å². The van der Waals surface area contributed by atoms with Crippen molar-refractivity contribution in [1.82, 2.24) is 0 Å². The van der Waals surface area contributed by atoms with Crippen molar-refractivity contribution in [3.63, 3.8) is 0 Å². The van der Waals surface area contributed by atoms with Crippen LogP contribution in [0.5, 0.6) is 5.75 Å². The third kappa shape index (κ3) is 2.62. The third-order valence-corrected chi connectivity index (χ3v) is 3.52. The lowest BCUT2D eigenvalue weighted by Crippen LogP contribution is -2.10. The second kappa shape index (κ2) is 5.49. The average molecular weight is 311 g/mol. The first kappa shape index (κ1) is 14.6. The zero-order valence-corrected chi connectivity index (χ0v) is 12.2. The largest absolute Gasteiger partial charge is 0.493 e. The normalized spacial score (nSPS) is 10.7. The molecule has 1 amide bonds. The minimum atomic E-state index is -1.14. The van der Waals surface area contributed by atoms with Gasteiger partial charge in [-0.2, -0.15) is 0 Å². The number of carboxylic acid groups (broad SMARTS) is 1. The van der Waals surface area contributed by atoms with Gasteiger partial charge in [0, 0.05) is 10.9 Å². The van der Waals surface area contributed by atoms with Crippen LogP contribution in [0.3, 0.4) is 0 Å². The Hall–Kier alpha value is -3.28. The highest BCUT2D eigenvalue weighted by Crippen LogP contribution is 2.34. The zero-order chi connectivity index (χ0) is 16.6. The number of hydrogen-bond acceptors (Lipinski definition) is 4. The average Bonchev–Trinajstić information content (AvgIpc) is 2.98. The van der Waals surface area contributed by atoms with E-state index in [9.17, 15) is 9.59 Å². The van der Waals surface area contributed by atoms with Crippen LogP contribution in [-0.2, 0) is 0 Å². The summed E-state index contributed by atoms with van der Waals surface area (Å²) in [5.74, 6) is -1.36. The van der Waals surface area contributed by atoms with Crippen LogP contribution in [0, 0.1) is 0 Å². The summed E-state index contributed by atoms with van der Waals surface area (Å²) < 4.78 is 10.6. The van der Waals surface area contributed by atoms with E-state index in [1.54, 1.807) is 36.4 Å². The van der Waals surface area contributed by atoms with Crippen molar-refractivity contribution in [2.24, 2.45) is 5.73 Å². The quantitative estimate of drug-likeness (QED) is 0.771. The van der Waals surface area contributed by atoms with Gasteiger partial charge in [0.15, 0.2) is 11.3 Å². The molecule has 0 aliphatic carbocycles. The fourth-order valence-electron chi connectivity index (χ4n) is 2.37. The summed E-state index contributed by atoms with van der Waals surface area (Å²) in [5, 5.41) is 9.66. The molecule has 3 aromatic rings. The fraction of sp³-hybridized carbons (Fsp3) is 0.0588. The smallest absolute Gasteiger partial charge is 0.371 e. The summed E-state index contributed by atoms with van der Waals surface area (Å²) in [6.07, 6.45) is 0. The molecule has 3 N–H and O–H groups in total. The van der Waals surface area contributed by atoms with Gasteiger partial charge in [0.05, 0.1) is 7.11 Å². The summed E-state index contributed by atoms with van der Waals surface area (Å²) in [7, 11) is 1.48. The number of carbonyl (C=O) groups excluding carboxylic acids is 1. The van der Waals surface area contributed by atoms with Crippen LogP contribution in [0.2, 0.25) is 0 Å². The minimum absolute atomic E-state index is 0.153. The highest BCUT2D eigenvalue weighted by molar-refractivity contribution is 5.96. The van der Waals surface area contributed by atoms with Crippen molar-refractivity contribution in [2.75, 3.05) is 7.11 Å². The third-order valence-electron chi connectivity index (χ3n) is 3.52. The molecule has 0 aliphatic heterocycles. The maximum absolute atomic E-state index is 11.1. The van der Waals surface area contributed by atoms with Crippen molar-refractivity contribution in [3.8, 4) is 16.9 Å². The van der Waals surface area contributed by atoms with Crippen molar-refractivity contribution in [1.29, 1.82) is 0 Å². The van der Waals surface area contributed by atoms with Gasteiger partial charge in [-0.3, -0.25) is 4.79 Å². The van der Waals surface area contributed by atoms with Gasteiger partial charge in [-0.25, -0.2) is 4.79 Å². The monoisotopic (exact) mass is 311 g/mol. The highest BCUT2D eigenvalue weighted by atomic mass is 16.5. The van der Waals surface area contributed by atoms with Crippen LogP contribution in [0.4, 0.5) is 0 Å². The summed E-state index contributed by atoms with van der Waals surface area (Å²) in [6, 6.07) is 11.8. The fourth-order valence-corrected chi connectivity index (χ4v) is 2.37. The van der Waals surface area contributed by atoms with Gasteiger partial charge in [-0.1, -0.05) is 12.1 Å². The molecule has 3 rings (SSSR count). The number of hydrogen-bond donors (Lipinski definition) is 2. The molecule has 0 fully saturated rings. The van der Waals surface area contributed by atoms with E-state index in [1.807, 2.05) is 0 Å². The Bertz CT molecular complexity index is 909. The van der Waals surface area contributed by atoms with E-state index in [4.69, 9.17) is 20.0 Å². The van der Waals surface area contributed by atoms with Crippen LogP contribution in [0.1, 0.15) is 20.9 Å². The Morgan fingerprint density at radius 1 is 1.09 bits per heavy atom. The number of methoxy groups -OCH3 is 1. The number of carbonyl (C=O) groups is 2. The second-order valence-electron chi connectivity index (χ2n) is 4.95. The van der Waals surface area contributed by atoms with E-state index in [2.05, 4.69) is 0 Å². The molecular weight excluding hydrogens is 298 g/mol. The number of furan rings is 1. The summed E-state index contributed by atoms with van der Waals surface area (Å²) in [6.45, 7) is 0. The van der Waals surface area contributed by atoms with Crippen molar-refractivity contribution in [2.45, 2.75) is 0 Å². The Morgan fingerprint density at radius 3 is 2.35 bits per heavy atom. The number of amides is 1. The molecule has 2 aromatic carbocycles. The molecular formula is C17H13NO5. The maximum Gasteiger partial charge on any atom is 0.371 e. The number of carboxylic acids is 1. The SMILES string of the molecule is COc1cc(-c2ccc(C(N)=O)cc2)cc2cc(C(=O)O)oc12. The van der Waals surface area contributed by atoms with Gasteiger partial charge < -0.3 is 20.0 Å². The topological polar surface area (TPSA) is 103 Å².